The number of benzene rings is 1. The van der Waals surface area contributed by atoms with Crippen molar-refractivity contribution < 1.29 is 4.43 Å². The molecule has 0 unspecified atom stereocenters. The normalized spacial score (nSPS) is 12.6. The van der Waals surface area contributed by atoms with Crippen LogP contribution in [0.15, 0.2) is 18.2 Å². The lowest BCUT2D eigenvalue weighted by molar-refractivity contribution is 0.476. The quantitative estimate of drug-likeness (QED) is 0.613. The van der Waals surface area contributed by atoms with Crippen LogP contribution in [0.5, 0.6) is 5.75 Å². The Morgan fingerprint density at radius 2 is 1.32 bits per heavy atom. The fourth-order valence-corrected chi connectivity index (χ4v) is 8.77. The summed E-state index contributed by atoms with van der Waals surface area (Å²) in [5.74, 6) is 1.09. The molecule has 1 aromatic rings. The van der Waals surface area contributed by atoms with Gasteiger partial charge in [-0.15, -0.1) is 0 Å². The van der Waals surface area contributed by atoms with Crippen molar-refractivity contribution in [2.24, 2.45) is 0 Å². The Labute approximate surface area is 120 Å². The molecule has 0 spiro atoms. The maximum atomic E-state index is 6.71. The molecule has 0 amide bonds. The van der Waals surface area contributed by atoms with Gasteiger partial charge in [-0.2, -0.15) is 0 Å². The second-order valence-corrected chi connectivity index (χ2v) is 12.1. The molecule has 0 bridgehead atoms. The molecule has 1 rings (SSSR count). The number of hydrogen-bond donors (Lipinski definition) is 0. The van der Waals surface area contributed by atoms with Gasteiger partial charge >= 0.3 is 0 Å². The number of hydrogen-bond acceptors (Lipinski definition) is 1. The van der Waals surface area contributed by atoms with E-state index in [4.69, 9.17) is 4.43 Å². The van der Waals surface area contributed by atoms with Crippen molar-refractivity contribution in [3.63, 3.8) is 0 Å². The molecule has 0 saturated heterocycles. The van der Waals surface area contributed by atoms with Crippen LogP contribution in [0, 0.1) is 13.8 Å². The van der Waals surface area contributed by atoms with E-state index in [2.05, 4.69) is 73.6 Å². The first-order valence-electron chi connectivity index (χ1n) is 7.48. The van der Waals surface area contributed by atoms with E-state index in [1.165, 1.54) is 11.1 Å². The summed E-state index contributed by atoms with van der Waals surface area (Å²) in [5, 5.41) is 0. The molecule has 0 radical (unpaired) electrons. The summed E-state index contributed by atoms with van der Waals surface area (Å²) < 4.78 is 6.71. The Morgan fingerprint density at radius 3 is 1.68 bits per heavy atom. The monoisotopic (exact) mass is 278 g/mol. The van der Waals surface area contributed by atoms with E-state index in [-0.39, 0.29) is 0 Å². The zero-order valence-electron chi connectivity index (χ0n) is 13.9. The first kappa shape index (κ1) is 16.3. The van der Waals surface area contributed by atoms with Crippen molar-refractivity contribution in [2.45, 2.75) is 72.0 Å². The Kier molecular flexibility index (Phi) is 5.25. The van der Waals surface area contributed by atoms with Gasteiger partial charge in [-0.25, -0.2) is 0 Å². The van der Waals surface area contributed by atoms with Gasteiger partial charge in [0.15, 0.2) is 0 Å². The zero-order valence-corrected chi connectivity index (χ0v) is 14.9. The molecule has 0 fully saturated rings. The van der Waals surface area contributed by atoms with Gasteiger partial charge in [-0.3, -0.25) is 0 Å². The van der Waals surface area contributed by atoms with Gasteiger partial charge in [0, 0.05) is 0 Å². The lowest BCUT2D eigenvalue weighted by Crippen LogP contribution is -2.50. The Hall–Kier alpha value is -0.763. The van der Waals surface area contributed by atoms with Crippen LogP contribution in [0.25, 0.3) is 0 Å². The fourth-order valence-electron chi connectivity index (χ4n) is 3.46. The van der Waals surface area contributed by atoms with E-state index in [9.17, 15) is 0 Å². The van der Waals surface area contributed by atoms with Crippen molar-refractivity contribution in [3.8, 4) is 5.75 Å². The lowest BCUT2D eigenvalue weighted by atomic mass is 10.1. The molecule has 0 aromatic heterocycles. The highest BCUT2D eigenvalue weighted by molar-refractivity contribution is 6.78. The third-order valence-electron chi connectivity index (χ3n) is 4.32. The molecule has 0 aliphatic carbocycles. The SMILES string of the molecule is Cc1ccc(O[Si](C(C)C)(C(C)C)C(C)C)c(C)c1. The van der Waals surface area contributed by atoms with Gasteiger partial charge in [-0.1, -0.05) is 59.2 Å². The van der Waals surface area contributed by atoms with E-state index < -0.39 is 8.32 Å². The Morgan fingerprint density at radius 1 is 0.842 bits per heavy atom. The van der Waals surface area contributed by atoms with Crippen LogP contribution in [0.3, 0.4) is 0 Å². The van der Waals surface area contributed by atoms with Gasteiger partial charge in [0.05, 0.1) is 0 Å². The van der Waals surface area contributed by atoms with Crippen molar-refractivity contribution in [3.05, 3.63) is 29.3 Å². The third kappa shape index (κ3) is 3.22. The maximum Gasteiger partial charge on any atom is 0.258 e. The average molecular weight is 279 g/mol. The van der Waals surface area contributed by atoms with Crippen LogP contribution in [0.4, 0.5) is 0 Å². The van der Waals surface area contributed by atoms with Crippen LogP contribution in [-0.2, 0) is 0 Å². The van der Waals surface area contributed by atoms with Crippen molar-refractivity contribution in [2.75, 3.05) is 0 Å². The number of rotatable bonds is 5. The molecule has 0 aliphatic rings. The highest BCUT2D eigenvalue weighted by Crippen LogP contribution is 2.43. The van der Waals surface area contributed by atoms with Crippen LogP contribution < -0.4 is 4.43 Å². The molecular formula is C17H30OSi. The topological polar surface area (TPSA) is 9.23 Å². The molecule has 1 aromatic carbocycles. The summed E-state index contributed by atoms with van der Waals surface area (Å²) in [7, 11) is -1.82. The molecule has 2 heteroatoms. The summed E-state index contributed by atoms with van der Waals surface area (Å²) in [6.45, 7) is 18.3. The summed E-state index contributed by atoms with van der Waals surface area (Å²) in [5.41, 5.74) is 4.42. The largest absolute Gasteiger partial charge is 0.543 e. The van der Waals surface area contributed by atoms with Crippen molar-refractivity contribution in [1.29, 1.82) is 0 Å². The van der Waals surface area contributed by atoms with Crippen molar-refractivity contribution >= 4 is 8.32 Å². The second-order valence-electron chi connectivity index (χ2n) is 6.69. The zero-order chi connectivity index (χ0) is 14.8. The van der Waals surface area contributed by atoms with E-state index in [1.54, 1.807) is 0 Å². The van der Waals surface area contributed by atoms with Gasteiger partial charge in [0.1, 0.15) is 5.75 Å². The minimum Gasteiger partial charge on any atom is -0.543 e. The predicted octanol–water partition coefficient (Wildman–Crippen LogP) is 5.86. The third-order valence-corrected chi connectivity index (χ3v) is 10.3. The maximum absolute atomic E-state index is 6.71. The molecule has 0 saturated carbocycles. The minimum atomic E-state index is -1.82. The van der Waals surface area contributed by atoms with Gasteiger partial charge in [-0.05, 0) is 42.1 Å². The highest BCUT2D eigenvalue weighted by Gasteiger charge is 2.47. The lowest BCUT2D eigenvalue weighted by Gasteiger charge is -2.42. The summed E-state index contributed by atoms with van der Waals surface area (Å²) >= 11 is 0. The van der Waals surface area contributed by atoms with Crippen molar-refractivity contribution in [1.82, 2.24) is 0 Å². The number of aryl methyl sites for hydroxylation is 2. The standard InChI is InChI=1S/C17H30OSi/c1-12(2)19(13(3)4,14(5)6)18-17-10-9-15(7)11-16(17)8/h9-14H,1-8H3. The molecule has 0 aliphatic heterocycles. The Balaban J connectivity index is 3.21. The molecule has 0 atom stereocenters. The van der Waals surface area contributed by atoms with Crippen LogP contribution in [0.2, 0.25) is 16.6 Å². The van der Waals surface area contributed by atoms with Gasteiger partial charge in [0.25, 0.3) is 8.32 Å². The molecule has 1 nitrogen and oxygen atoms in total. The summed E-state index contributed by atoms with van der Waals surface area (Å²) in [6, 6.07) is 6.53. The summed E-state index contributed by atoms with van der Waals surface area (Å²) in [6.07, 6.45) is 0. The van der Waals surface area contributed by atoms with E-state index in [0.29, 0.717) is 16.6 Å². The smallest absolute Gasteiger partial charge is 0.258 e. The second kappa shape index (κ2) is 6.13. The minimum absolute atomic E-state index is 0.619. The van der Waals surface area contributed by atoms with Gasteiger partial charge in [0.2, 0.25) is 0 Å². The van der Waals surface area contributed by atoms with Crippen LogP contribution in [0.1, 0.15) is 52.7 Å². The molecule has 108 valence electrons. The first-order valence-corrected chi connectivity index (χ1v) is 9.62. The van der Waals surface area contributed by atoms with E-state index >= 15 is 0 Å². The van der Waals surface area contributed by atoms with Crippen LogP contribution >= 0.6 is 0 Å². The highest BCUT2D eigenvalue weighted by atomic mass is 28.4. The summed E-state index contributed by atoms with van der Waals surface area (Å²) in [4.78, 5) is 0. The van der Waals surface area contributed by atoms with Gasteiger partial charge < -0.3 is 4.43 Å². The molecule has 0 heterocycles. The molecule has 19 heavy (non-hydrogen) atoms. The molecular weight excluding hydrogens is 248 g/mol. The molecule has 0 N–H and O–H groups in total. The average Bonchev–Trinajstić information content (AvgIpc) is 2.26. The first-order chi connectivity index (χ1) is 8.71. The Bertz CT molecular complexity index is 399. The fraction of sp³-hybridized carbons (Fsp3) is 0.647. The van der Waals surface area contributed by atoms with E-state index in [1.807, 2.05) is 0 Å². The van der Waals surface area contributed by atoms with E-state index in [0.717, 1.165) is 5.75 Å². The predicted molar refractivity (Wildman–Crippen MR) is 87.6 cm³/mol. The van der Waals surface area contributed by atoms with Crippen LogP contribution in [-0.4, -0.2) is 8.32 Å².